The first kappa shape index (κ1) is 11.6. The molecule has 0 heterocycles. The zero-order valence-corrected chi connectivity index (χ0v) is 9.28. The van der Waals surface area contributed by atoms with Crippen molar-refractivity contribution in [2.75, 3.05) is 0 Å². The molecule has 0 spiro atoms. The van der Waals surface area contributed by atoms with Crippen LogP contribution in [0.2, 0.25) is 0 Å². The molecule has 3 nitrogen and oxygen atoms in total. The number of aliphatic carboxylic acids is 1. The van der Waals surface area contributed by atoms with E-state index in [-0.39, 0.29) is 0 Å². The van der Waals surface area contributed by atoms with Crippen LogP contribution in [0.4, 0.5) is 0 Å². The minimum atomic E-state index is -0.947. The lowest BCUT2D eigenvalue weighted by Crippen LogP contribution is -2.19. The van der Waals surface area contributed by atoms with E-state index in [0.717, 1.165) is 17.6 Å². The summed E-state index contributed by atoms with van der Waals surface area (Å²) in [7, 11) is 0. The number of hydrogen-bond acceptors (Lipinski definition) is 2. The Hall–Kier alpha value is -1.51. The van der Waals surface area contributed by atoms with Crippen molar-refractivity contribution in [3.05, 3.63) is 35.1 Å². The van der Waals surface area contributed by atoms with Gasteiger partial charge in [0.15, 0.2) is 6.10 Å². The van der Waals surface area contributed by atoms with E-state index in [1.807, 2.05) is 26.0 Å². The van der Waals surface area contributed by atoms with Crippen LogP contribution in [0.15, 0.2) is 35.1 Å². The average Bonchev–Trinajstić information content (AvgIpc) is 2.32. The van der Waals surface area contributed by atoms with Gasteiger partial charge < -0.3 is 9.84 Å². The zero-order valence-electron chi connectivity index (χ0n) is 9.28. The average molecular weight is 208 g/mol. The predicted molar refractivity (Wildman–Crippen MR) is 58.4 cm³/mol. The fourth-order valence-electron chi connectivity index (χ4n) is 1.21. The van der Waals surface area contributed by atoms with Gasteiger partial charge in [-0.1, -0.05) is 17.7 Å². The van der Waals surface area contributed by atoms with Gasteiger partial charge >= 0.3 is 5.97 Å². The van der Waals surface area contributed by atoms with Gasteiger partial charge in [0.25, 0.3) is 0 Å². The summed E-state index contributed by atoms with van der Waals surface area (Å²) in [6.07, 6.45) is 5.85. The molecule has 1 unspecified atom stereocenters. The Balaban J connectivity index is 2.77. The Bertz CT molecular complexity index is 348. The summed E-state index contributed by atoms with van der Waals surface area (Å²) in [5.74, 6) is -0.282. The summed E-state index contributed by atoms with van der Waals surface area (Å²) in [5.41, 5.74) is 2.21. The third-order valence-electron chi connectivity index (χ3n) is 2.30. The molecule has 1 aliphatic carbocycles. The predicted octanol–water partition coefficient (Wildman–Crippen LogP) is 2.66. The van der Waals surface area contributed by atoms with Gasteiger partial charge in [-0.15, -0.1) is 0 Å². The summed E-state index contributed by atoms with van der Waals surface area (Å²) in [5, 5.41) is 8.74. The monoisotopic (exact) mass is 208 g/mol. The molecule has 1 N–H and O–H groups in total. The Morgan fingerprint density at radius 2 is 2.13 bits per heavy atom. The summed E-state index contributed by atoms with van der Waals surface area (Å²) in [6, 6.07) is 0. The second kappa shape index (κ2) is 4.82. The molecule has 1 rings (SSSR count). The Labute approximate surface area is 89.7 Å². The fourth-order valence-corrected chi connectivity index (χ4v) is 1.21. The number of hydrogen-bond donors (Lipinski definition) is 1. The van der Waals surface area contributed by atoms with E-state index >= 15 is 0 Å². The number of allylic oxidation sites excluding steroid dienone is 5. The smallest absolute Gasteiger partial charge is 0.344 e. The van der Waals surface area contributed by atoms with Crippen molar-refractivity contribution in [2.45, 2.75) is 33.3 Å². The van der Waals surface area contributed by atoms with E-state index in [1.54, 1.807) is 0 Å². The minimum Gasteiger partial charge on any atom is -0.479 e. The molecule has 1 aliphatic rings. The highest BCUT2D eigenvalue weighted by Gasteiger charge is 2.14. The highest BCUT2D eigenvalue weighted by Crippen LogP contribution is 2.19. The lowest BCUT2D eigenvalue weighted by molar-refractivity contribution is -0.146. The number of carboxylic acid groups (broad SMARTS) is 1. The molecule has 82 valence electrons. The molecule has 1 atom stereocenters. The van der Waals surface area contributed by atoms with Crippen LogP contribution >= 0.6 is 0 Å². The molecule has 3 heteroatoms. The molecule has 0 amide bonds. The molecular weight excluding hydrogens is 192 g/mol. The molecule has 0 aliphatic heterocycles. The first-order chi connectivity index (χ1) is 7.00. The molecule has 15 heavy (non-hydrogen) atoms. The third-order valence-corrected chi connectivity index (χ3v) is 2.30. The van der Waals surface area contributed by atoms with E-state index in [1.165, 1.54) is 6.92 Å². The maximum atomic E-state index is 10.6. The summed E-state index contributed by atoms with van der Waals surface area (Å²) >= 11 is 0. The Kier molecular flexibility index (Phi) is 3.72. The molecule has 0 saturated carbocycles. The largest absolute Gasteiger partial charge is 0.479 e. The van der Waals surface area contributed by atoms with E-state index < -0.39 is 12.1 Å². The van der Waals surface area contributed by atoms with Gasteiger partial charge in [0.2, 0.25) is 0 Å². The SMILES string of the molecule is CC1=CCC(C)=C(OC(C)C(=O)O)C=C1. The van der Waals surface area contributed by atoms with Gasteiger partial charge in [0, 0.05) is 0 Å². The van der Waals surface area contributed by atoms with Crippen LogP contribution in [-0.2, 0) is 9.53 Å². The number of carbonyl (C=O) groups is 1. The lowest BCUT2D eigenvalue weighted by Gasteiger charge is -2.12. The van der Waals surface area contributed by atoms with Crippen molar-refractivity contribution in [3.63, 3.8) is 0 Å². The number of carboxylic acids is 1. The minimum absolute atomic E-state index is 0.665. The van der Waals surface area contributed by atoms with Crippen molar-refractivity contribution < 1.29 is 14.6 Å². The van der Waals surface area contributed by atoms with Gasteiger partial charge in [-0.2, -0.15) is 0 Å². The van der Waals surface area contributed by atoms with E-state index in [4.69, 9.17) is 9.84 Å². The van der Waals surface area contributed by atoms with Crippen LogP contribution in [0.25, 0.3) is 0 Å². The molecule has 0 radical (unpaired) electrons. The molecule has 0 saturated heterocycles. The van der Waals surface area contributed by atoms with Crippen LogP contribution in [0, 0.1) is 0 Å². The van der Waals surface area contributed by atoms with Crippen LogP contribution < -0.4 is 0 Å². The summed E-state index contributed by atoms with van der Waals surface area (Å²) in [6.45, 7) is 5.48. The van der Waals surface area contributed by atoms with Crippen LogP contribution in [-0.4, -0.2) is 17.2 Å². The number of ether oxygens (including phenoxy) is 1. The summed E-state index contributed by atoms with van der Waals surface area (Å²) in [4.78, 5) is 10.6. The molecule has 0 aromatic carbocycles. The summed E-state index contributed by atoms with van der Waals surface area (Å²) < 4.78 is 5.35. The van der Waals surface area contributed by atoms with Crippen LogP contribution in [0.3, 0.4) is 0 Å². The van der Waals surface area contributed by atoms with Gasteiger partial charge in [-0.3, -0.25) is 0 Å². The van der Waals surface area contributed by atoms with E-state index in [0.29, 0.717) is 5.76 Å². The molecule has 0 aromatic rings. The molecule has 0 bridgehead atoms. The van der Waals surface area contributed by atoms with Crippen molar-refractivity contribution in [2.24, 2.45) is 0 Å². The van der Waals surface area contributed by atoms with Crippen molar-refractivity contribution >= 4 is 5.97 Å². The van der Waals surface area contributed by atoms with E-state index in [2.05, 4.69) is 6.08 Å². The number of rotatable bonds is 3. The van der Waals surface area contributed by atoms with Crippen LogP contribution in [0.5, 0.6) is 0 Å². The van der Waals surface area contributed by atoms with Gasteiger partial charge in [0.05, 0.1) is 0 Å². The highest BCUT2D eigenvalue weighted by molar-refractivity contribution is 5.72. The fraction of sp³-hybridized carbons (Fsp3) is 0.417. The topological polar surface area (TPSA) is 46.5 Å². The highest BCUT2D eigenvalue weighted by atomic mass is 16.5. The quantitative estimate of drug-likeness (QED) is 0.775. The van der Waals surface area contributed by atoms with Crippen molar-refractivity contribution in [1.82, 2.24) is 0 Å². The molecule has 0 fully saturated rings. The van der Waals surface area contributed by atoms with Gasteiger partial charge in [-0.05, 0) is 38.8 Å². The Morgan fingerprint density at radius 1 is 1.47 bits per heavy atom. The van der Waals surface area contributed by atoms with Crippen LogP contribution in [0.1, 0.15) is 27.2 Å². The van der Waals surface area contributed by atoms with Crippen molar-refractivity contribution in [3.8, 4) is 0 Å². The lowest BCUT2D eigenvalue weighted by atomic mass is 10.2. The molecular formula is C12H16O3. The first-order valence-electron chi connectivity index (χ1n) is 4.94. The van der Waals surface area contributed by atoms with Gasteiger partial charge in [0.1, 0.15) is 5.76 Å². The van der Waals surface area contributed by atoms with Crippen molar-refractivity contribution in [1.29, 1.82) is 0 Å². The maximum Gasteiger partial charge on any atom is 0.344 e. The normalized spacial score (nSPS) is 18.2. The standard InChI is InChI=1S/C12H16O3/c1-8-4-6-9(2)11(7-5-8)15-10(3)12(13)14/h4-5,7,10H,6H2,1-3H3,(H,13,14). The zero-order chi connectivity index (χ0) is 11.4. The maximum absolute atomic E-state index is 10.6. The van der Waals surface area contributed by atoms with E-state index in [9.17, 15) is 4.79 Å². The van der Waals surface area contributed by atoms with Gasteiger partial charge in [-0.25, -0.2) is 4.79 Å². The second-order valence-electron chi connectivity index (χ2n) is 3.73. The second-order valence-corrected chi connectivity index (χ2v) is 3.73. The third kappa shape index (κ3) is 3.27. The first-order valence-corrected chi connectivity index (χ1v) is 4.94. The molecule has 0 aromatic heterocycles. The Morgan fingerprint density at radius 3 is 2.73 bits per heavy atom.